The topological polar surface area (TPSA) is 116 Å². The number of carbonyl (C=O) groups excluding carboxylic acids is 2. The van der Waals surface area contributed by atoms with Crippen molar-refractivity contribution in [2.75, 3.05) is 36.0 Å². The third-order valence-corrected chi connectivity index (χ3v) is 11.8. The number of para-hydroxylation sites is 1. The van der Waals surface area contributed by atoms with E-state index in [-0.39, 0.29) is 34.4 Å². The molecule has 6 aromatic rings. The van der Waals surface area contributed by atoms with Gasteiger partial charge in [-0.3, -0.25) is 9.59 Å². The highest BCUT2D eigenvalue weighted by molar-refractivity contribution is 6.44. The Bertz CT molecular complexity index is 2450. The predicted octanol–water partition coefficient (Wildman–Crippen LogP) is 9.69. The fraction of sp³-hybridized carbons (Fsp3) is 0.268. The van der Waals surface area contributed by atoms with Crippen LogP contribution >= 0.6 is 46.4 Å². The van der Waals surface area contributed by atoms with Gasteiger partial charge in [-0.25, -0.2) is 19.9 Å². The van der Waals surface area contributed by atoms with Gasteiger partial charge in [-0.15, -0.1) is 0 Å². The van der Waals surface area contributed by atoms with E-state index < -0.39 is 11.7 Å². The number of benzene rings is 4. The van der Waals surface area contributed by atoms with E-state index in [0.29, 0.717) is 63.3 Å². The van der Waals surface area contributed by atoms with Crippen molar-refractivity contribution < 1.29 is 22.8 Å². The lowest BCUT2D eigenvalue weighted by atomic mass is 10.0. The number of piperidine rings is 2. The molecule has 17 heteroatoms. The number of hydrogen-bond acceptors (Lipinski definition) is 8. The summed E-state index contributed by atoms with van der Waals surface area (Å²) < 4.78 is 39.0. The molecule has 0 unspecified atom stereocenters. The molecule has 2 aliphatic heterocycles. The summed E-state index contributed by atoms with van der Waals surface area (Å²) in [5, 5.41) is 8.85. The molecule has 0 bridgehead atoms. The van der Waals surface area contributed by atoms with E-state index in [2.05, 4.69) is 35.5 Å². The fourth-order valence-corrected chi connectivity index (χ4v) is 7.84. The third kappa shape index (κ3) is 9.33. The zero-order chi connectivity index (χ0) is 41.0. The Kier molecular flexibility index (Phi) is 12.7. The molecule has 58 heavy (non-hydrogen) atoms. The van der Waals surface area contributed by atoms with Crippen LogP contribution in [-0.2, 0) is 6.18 Å². The highest BCUT2D eigenvalue weighted by Gasteiger charge is 2.31. The van der Waals surface area contributed by atoms with E-state index in [1.807, 2.05) is 29.2 Å². The number of nitrogens with zero attached hydrogens (tertiary/aromatic N) is 6. The average Bonchev–Trinajstić information content (AvgIpc) is 3.22. The lowest BCUT2D eigenvalue weighted by Crippen LogP contribution is -2.45. The lowest BCUT2D eigenvalue weighted by molar-refractivity contribution is -0.137. The van der Waals surface area contributed by atoms with Gasteiger partial charge in [0, 0.05) is 49.0 Å². The lowest BCUT2D eigenvalue weighted by Gasteiger charge is -2.33. The van der Waals surface area contributed by atoms with Gasteiger partial charge in [0.25, 0.3) is 11.8 Å². The van der Waals surface area contributed by atoms with Gasteiger partial charge < -0.3 is 20.4 Å². The number of anilines is 2. The number of nitrogens with one attached hydrogen (secondary N) is 2. The molecule has 10 nitrogen and oxygen atoms in total. The zero-order valence-electron chi connectivity index (χ0n) is 30.6. The summed E-state index contributed by atoms with van der Waals surface area (Å²) in [6.45, 7) is 2.80. The standard InChI is InChI=1S/C21H17Cl2F3N4O.C20H18Cl2N4O/c22-16-3-1-2-15(18(16)23)20(31)29-13-6-8-30(9-7-13)19-14-5-4-12(21(24,25)26)10-17(14)27-11-28-19;21-16-6-3-5-15(18(16)22)20(27)25-13-8-10-26(11-9-13)19-14-4-1-2-7-17(14)23-12-24-19/h1-5,10-11,13H,6-9H2,(H,29,31);1-7,12-13H,8-11H2,(H,25,27). The molecule has 0 radical (unpaired) electrons. The van der Waals surface area contributed by atoms with Gasteiger partial charge in [-0.05, 0) is 80.3 Å². The molecule has 2 aromatic heterocycles. The molecule has 8 rings (SSSR count). The number of carbonyl (C=O) groups is 2. The fourth-order valence-electron chi connectivity index (χ4n) is 7.07. The minimum absolute atomic E-state index is 0.0660. The molecule has 2 N–H and O–H groups in total. The van der Waals surface area contributed by atoms with Crippen molar-refractivity contribution in [1.82, 2.24) is 30.6 Å². The van der Waals surface area contributed by atoms with Gasteiger partial charge in [0.05, 0.1) is 47.8 Å². The number of halogens is 7. The Labute approximate surface area is 351 Å². The van der Waals surface area contributed by atoms with Crippen LogP contribution < -0.4 is 20.4 Å². The molecule has 4 aromatic carbocycles. The van der Waals surface area contributed by atoms with Gasteiger partial charge in [0.2, 0.25) is 0 Å². The second-order valence-corrected chi connectivity index (χ2v) is 15.4. The van der Waals surface area contributed by atoms with Crippen molar-refractivity contribution in [2.24, 2.45) is 0 Å². The quantitative estimate of drug-likeness (QED) is 0.170. The SMILES string of the molecule is O=C(NC1CCN(c2ncnc3cc(C(F)(F)F)ccc23)CC1)c1cccc(Cl)c1Cl.O=C(NC1CCN(c2ncnc3ccccc23)CC1)c1cccc(Cl)c1Cl. The molecule has 0 spiro atoms. The van der Waals surface area contributed by atoms with Crippen molar-refractivity contribution in [1.29, 1.82) is 0 Å². The van der Waals surface area contributed by atoms with Crippen LogP contribution in [0.5, 0.6) is 0 Å². The Morgan fingerprint density at radius 2 is 1.05 bits per heavy atom. The number of rotatable bonds is 6. The van der Waals surface area contributed by atoms with Crippen LogP contribution in [-0.4, -0.2) is 70.0 Å². The van der Waals surface area contributed by atoms with Gasteiger partial charge in [0.15, 0.2) is 0 Å². The molecule has 0 saturated carbocycles. The van der Waals surface area contributed by atoms with Gasteiger partial charge in [0.1, 0.15) is 24.3 Å². The molecule has 0 atom stereocenters. The van der Waals surface area contributed by atoms with Crippen molar-refractivity contribution in [2.45, 2.75) is 43.9 Å². The molecular weight excluding hydrogens is 835 g/mol. The van der Waals surface area contributed by atoms with E-state index in [1.165, 1.54) is 12.4 Å². The Morgan fingerprint density at radius 3 is 1.55 bits per heavy atom. The first kappa shape index (κ1) is 41.2. The third-order valence-electron chi connectivity index (χ3n) is 10.1. The largest absolute Gasteiger partial charge is 0.416 e. The summed E-state index contributed by atoms with van der Waals surface area (Å²) in [6, 6.07) is 21.5. The second kappa shape index (κ2) is 17.9. The average molecular weight is 871 g/mol. The van der Waals surface area contributed by atoms with E-state index in [9.17, 15) is 22.8 Å². The summed E-state index contributed by atoms with van der Waals surface area (Å²) in [5.41, 5.74) is 1.16. The van der Waals surface area contributed by atoms with Crippen molar-refractivity contribution in [3.63, 3.8) is 0 Å². The first-order valence-corrected chi connectivity index (χ1v) is 19.9. The smallest absolute Gasteiger partial charge is 0.356 e. The number of aromatic nitrogens is 4. The van der Waals surface area contributed by atoms with E-state index in [1.54, 1.807) is 42.7 Å². The first-order chi connectivity index (χ1) is 27.9. The number of alkyl halides is 3. The van der Waals surface area contributed by atoms with Crippen LogP contribution in [0.4, 0.5) is 24.8 Å². The summed E-state index contributed by atoms with van der Waals surface area (Å²) >= 11 is 24.2. The van der Waals surface area contributed by atoms with Crippen LogP contribution in [0.15, 0.2) is 91.5 Å². The summed E-state index contributed by atoms with van der Waals surface area (Å²) in [7, 11) is 0. The molecule has 4 heterocycles. The van der Waals surface area contributed by atoms with Crippen molar-refractivity contribution in [3.8, 4) is 0 Å². The molecule has 2 fully saturated rings. The normalized spacial score (nSPS) is 15.2. The number of fused-ring (bicyclic) bond motifs is 2. The minimum atomic E-state index is -4.43. The summed E-state index contributed by atoms with van der Waals surface area (Å²) in [6.07, 6.45) is 1.41. The molecule has 2 aliphatic rings. The monoisotopic (exact) mass is 868 g/mol. The summed E-state index contributed by atoms with van der Waals surface area (Å²) in [5.74, 6) is 1.05. The maximum absolute atomic E-state index is 13.0. The number of amides is 2. The van der Waals surface area contributed by atoms with Gasteiger partial charge in [-0.1, -0.05) is 70.7 Å². The predicted molar refractivity (Wildman–Crippen MR) is 222 cm³/mol. The molecule has 2 amide bonds. The first-order valence-electron chi connectivity index (χ1n) is 18.4. The second-order valence-electron chi connectivity index (χ2n) is 13.8. The summed E-state index contributed by atoms with van der Waals surface area (Å²) in [4.78, 5) is 46.4. The molecule has 300 valence electrons. The zero-order valence-corrected chi connectivity index (χ0v) is 33.6. The minimum Gasteiger partial charge on any atom is -0.356 e. The van der Waals surface area contributed by atoms with E-state index in [0.717, 1.165) is 54.8 Å². The number of hydrogen-bond donors (Lipinski definition) is 2. The molecule has 2 saturated heterocycles. The van der Waals surface area contributed by atoms with Crippen LogP contribution in [0.3, 0.4) is 0 Å². The highest BCUT2D eigenvalue weighted by atomic mass is 35.5. The van der Waals surface area contributed by atoms with Crippen molar-refractivity contribution >= 4 is 91.7 Å². The highest BCUT2D eigenvalue weighted by Crippen LogP contribution is 2.34. The van der Waals surface area contributed by atoms with Crippen LogP contribution in [0, 0.1) is 0 Å². The maximum Gasteiger partial charge on any atom is 0.416 e. The van der Waals surface area contributed by atoms with Crippen LogP contribution in [0.25, 0.3) is 21.8 Å². The van der Waals surface area contributed by atoms with Crippen LogP contribution in [0.2, 0.25) is 20.1 Å². The van der Waals surface area contributed by atoms with Crippen LogP contribution in [0.1, 0.15) is 52.0 Å². The van der Waals surface area contributed by atoms with Gasteiger partial charge in [-0.2, -0.15) is 13.2 Å². The van der Waals surface area contributed by atoms with E-state index >= 15 is 0 Å². The maximum atomic E-state index is 13.0. The Morgan fingerprint density at radius 1 is 0.586 bits per heavy atom. The van der Waals surface area contributed by atoms with Gasteiger partial charge >= 0.3 is 6.18 Å². The molecular formula is C41H35Cl4F3N8O2. The Hall–Kier alpha value is -4.95. The van der Waals surface area contributed by atoms with E-state index in [4.69, 9.17) is 46.4 Å². The molecule has 0 aliphatic carbocycles. The van der Waals surface area contributed by atoms with Crippen molar-refractivity contribution in [3.05, 3.63) is 128 Å². The Balaban J connectivity index is 0.000000178.